The van der Waals surface area contributed by atoms with Gasteiger partial charge in [-0.05, 0) is 69.3 Å². The van der Waals surface area contributed by atoms with E-state index in [-0.39, 0.29) is 11.9 Å². The van der Waals surface area contributed by atoms with Crippen molar-refractivity contribution in [2.24, 2.45) is 0 Å². The third-order valence-electron chi connectivity index (χ3n) is 4.15. The van der Waals surface area contributed by atoms with E-state index in [9.17, 15) is 4.79 Å². The summed E-state index contributed by atoms with van der Waals surface area (Å²) in [6.45, 7) is 4.46. The molecule has 0 atom stereocenters. The molecule has 6 nitrogen and oxygen atoms in total. The zero-order valence-electron chi connectivity index (χ0n) is 14.4. The van der Waals surface area contributed by atoms with Gasteiger partial charge in [0, 0.05) is 17.9 Å². The Morgan fingerprint density at radius 1 is 1.24 bits per heavy atom. The molecule has 1 aromatic carbocycles. The minimum absolute atomic E-state index is 0.0894. The molecule has 1 saturated heterocycles. The zero-order chi connectivity index (χ0) is 17.5. The van der Waals surface area contributed by atoms with Gasteiger partial charge in [0.25, 0.3) is 5.91 Å². The predicted octanol–water partition coefficient (Wildman–Crippen LogP) is 2.71. The summed E-state index contributed by atoms with van der Waals surface area (Å²) in [4.78, 5) is 17.0. The molecular weight excluding hydrogens is 316 g/mol. The molecule has 3 rings (SSSR count). The van der Waals surface area contributed by atoms with E-state index >= 15 is 0 Å². The molecule has 1 aliphatic heterocycles. The lowest BCUT2D eigenvalue weighted by molar-refractivity contribution is 0.0930. The fourth-order valence-corrected chi connectivity index (χ4v) is 2.86. The van der Waals surface area contributed by atoms with Crippen molar-refractivity contribution in [2.75, 3.05) is 25.0 Å². The first kappa shape index (κ1) is 17.2. The quantitative estimate of drug-likeness (QED) is 0.754. The van der Waals surface area contributed by atoms with E-state index in [2.05, 4.69) is 20.9 Å². The van der Waals surface area contributed by atoms with Crippen LogP contribution in [0.4, 0.5) is 11.5 Å². The summed E-state index contributed by atoms with van der Waals surface area (Å²) in [5.41, 5.74) is 1.41. The first-order chi connectivity index (χ1) is 12.3. The number of aromatic nitrogens is 1. The van der Waals surface area contributed by atoms with Gasteiger partial charge in [0.2, 0.25) is 0 Å². The summed E-state index contributed by atoms with van der Waals surface area (Å²) in [7, 11) is 0. The monoisotopic (exact) mass is 340 g/mol. The average molecular weight is 340 g/mol. The number of piperidine rings is 1. The molecule has 1 aliphatic rings. The van der Waals surface area contributed by atoms with E-state index in [4.69, 9.17) is 4.74 Å². The Labute approximate surface area is 148 Å². The molecule has 0 unspecified atom stereocenters. The topological polar surface area (TPSA) is 75.3 Å². The van der Waals surface area contributed by atoms with Crippen molar-refractivity contribution in [3.8, 4) is 5.75 Å². The van der Waals surface area contributed by atoms with Crippen molar-refractivity contribution >= 4 is 17.4 Å². The van der Waals surface area contributed by atoms with Gasteiger partial charge in [-0.1, -0.05) is 0 Å². The number of rotatable bonds is 6. The number of nitrogens with one attached hydrogen (secondary N) is 3. The Morgan fingerprint density at radius 2 is 2.00 bits per heavy atom. The van der Waals surface area contributed by atoms with Gasteiger partial charge in [-0.15, -0.1) is 0 Å². The molecule has 0 aliphatic carbocycles. The van der Waals surface area contributed by atoms with Crippen LogP contribution in [0.15, 0.2) is 42.6 Å². The number of carbonyl (C=O) groups is 1. The number of carbonyl (C=O) groups excluding carboxylic acids is 1. The largest absolute Gasteiger partial charge is 0.494 e. The second-order valence-corrected chi connectivity index (χ2v) is 5.98. The third-order valence-corrected chi connectivity index (χ3v) is 4.15. The Hall–Kier alpha value is -2.60. The molecule has 1 aromatic heterocycles. The second kappa shape index (κ2) is 8.48. The van der Waals surface area contributed by atoms with Crippen LogP contribution in [0.25, 0.3) is 0 Å². The predicted molar refractivity (Wildman–Crippen MR) is 98.5 cm³/mol. The van der Waals surface area contributed by atoms with Crippen molar-refractivity contribution in [2.45, 2.75) is 25.8 Å². The normalized spacial score (nSPS) is 14.8. The number of hydrogen-bond donors (Lipinski definition) is 3. The van der Waals surface area contributed by atoms with Crippen LogP contribution in [-0.2, 0) is 0 Å². The summed E-state index contributed by atoms with van der Waals surface area (Å²) in [5.74, 6) is 1.28. The Balaban J connectivity index is 1.70. The number of ether oxygens (including phenoxy) is 1. The third kappa shape index (κ3) is 4.70. The van der Waals surface area contributed by atoms with Crippen LogP contribution >= 0.6 is 0 Å². The summed E-state index contributed by atoms with van der Waals surface area (Å²) >= 11 is 0. The Morgan fingerprint density at radius 3 is 2.72 bits per heavy atom. The van der Waals surface area contributed by atoms with Crippen LogP contribution in [0.5, 0.6) is 5.75 Å². The lowest BCUT2D eigenvalue weighted by atomic mass is 10.1. The molecule has 3 N–H and O–H groups in total. The van der Waals surface area contributed by atoms with Crippen LogP contribution in [0, 0.1) is 0 Å². The molecule has 132 valence electrons. The number of amides is 1. The smallest absolute Gasteiger partial charge is 0.255 e. The standard InChI is InChI=1S/C19H24N4O2/c1-2-25-16-7-5-14(6-8-16)22-18-17(4-3-11-21-18)19(24)23-15-9-12-20-13-10-15/h3-8,11,15,20H,2,9-10,12-13H2,1H3,(H,21,22)(H,23,24). The maximum absolute atomic E-state index is 12.6. The lowest BCUT2D eigenvalue weighted by Gasteiger charge is -2.24. The van der Waals surface area contributed by atoms with E-state index in [0.29, 0.717) is 18.0 Å². The molecule has 2 aromatic rings. The first-order valence-electron chi connectivity index (χ1n) is 8.72. The van der Waals surface area contributed by atoms with Gasteiger partial charge in [-0.25, -0.2) is 4.98 Å². The summed E-state index contributed by atoms with van der Waals surface area (Å²) in [6.07, 6.45) is 3.58. The Bertz CT molecular complexity index is 697. The fraction of sp³-hybridized carbons (Fsp3) is 0.368. The van der Waals surface area contributed by atoms with E-state index in [1.807, 2.05) is 31.2 Å². The van der Waals surface area contributed by atoms with E-state index in [1.54, 1.807) is 18.3 Å². The molecule has 0 bridgehead atoms. The van der Waals surface area contributed by atoms with E-state index in [0.717, 1.165) is 37.4 Å². The minimum Gasteiger partial charge on any atom is -0.494 e. The van der Waals surface area contributed by atoms with Crippen molar-refractivity contribution < 1.29 is 9.53 Å². The van der Waals surface area contributed by atoms with Gasteiger partial charge in [0.05, 0.1) is 12.2 Å². The van der Waals surface area contributed by atoms with Crippen molar-refractivity contribution in [3.63, 3.8) is 0 Å². The van der Waals surface area contributed by atoms with Gasteiger partial charge < -0.3 is 20.7 Å². The van der Waals surface area contributed by atoms with E-state index in [1.165, 1.54) is 0 Å². The lowest BCUT2D eigenvalue weighted by Crippen LogP contribution is -2.42. The van der Waals surface area contributed by atoms with Crippen LogP contribution in [0.2, 0.25) is 0 Å². The highest BCUT2D eigenvalue weighted by molar-refractivity contribution is 5.99. The first-order valence-corrected chi connectivity index (χ1v) is 8.72. The summed E-state index contributed by atoms with van der Waals surface area (Å²) in [5, 5.41) is 9.63. The highest BCUT2D eigenvalue weighted by atomic mass is 16.5. The van der Waals surface area contributed by atoms with Gasteiger partial charge in [0.1, 0.15) is 11.6 Å². The van der Waals surface area contributed by atoms with Gasteiger partial charge >= 0.3 is 0 Å². The van der Waals surface area contributed by atoms with Crippen molar-refractivity contribution in [3.05, 3.63) is 48.2 Å². The van der Waals surface area contributed by atoms with Gasteiger partial charge in [-0.2, -0.15) is 0 Å². The highest BCUT2D eigenvalue weighted by Crippen LogP contribution is 2.21. The molecule has 0 radical (unpaired) electrons. The molecule has 1 fully saturated rings. The molecule has 2 heterocycles. The van der Waals surface area contributed by atoms with Crippen LogP contribution < -0.4 is 20.7 Å². The fourth-order valence-electron chi connectivity index (χ4n) is 2.86. The van der Waals surface area contributed by atoms with Crippen molar-refractivity contribution in [1.82, 2.24) is 15.6 Å². The van der Waals surface area contributed by atoms with Crippen LogP contribution in [0.1, 0.15) is 30.1 Å². The minimum atomic E-state index is -0.0894. The number of anilines is 2. The molecule has 0 spiro atoms. The average Bonchev–Trinajstić information content (AvgIpc) is 2.65. The Kier molecular flexibility index (Phi) is 5.85. The maximum Gasteiger partial charge on any atom is 0.255 e. The zero-order valence-corrected chi connectivity index (χ0v) is 14.4. The summed E-state index contributed by atoms with van der Waals surface area (Å²) < 4.78 is 5.44. The highest BCUT2D eigenvalue weighted by Gasteiger charge is 2.18. The molecule has 25 heavy (non-hydrogen) atoms. The molecule has 0 saturated carbocycles. The number of nitrogens with zero attached hydrogens (tertiary/aromatic N) is 1. The number of pyridine rings is 1. The summed E-state index contributed by atoms with van der Waals surface area (Å²) in [6, 6.07) is 11.4. The molecular formula is C19H24N4O2. The molecule has 1 amide bonds. The van der Waals surface area contributed by atoms with Crippen LogP contribution in [-0.4, -0.2) is 36.6 Å². The molecule has 6 heteroatoms. The number of benzene rings is 1. The van der Waals surface area contributed by atoms with Gasteiger partial charge in [0.15, 0.2) is 0 Å². The second-order valence-electron chi connectivity index (χ2n) is 5.98. The number of hydrogen-bond acceptors (Lipinski definition) is 5. The van der Waals surface area contributed by atoms with Crippen molar-refractivity contribution in [1.29, 1.82) is 0 Å². The van der Waals surface area contributed by atoms with E-state index < -0.39 is 0 Å². The maximum atomic E-state index is 12.6. The SMILES string of the molecule is CCOc1ccc(Nc2ncccc2C(=O)NC2CCNCC2)cc1. The van der Waals surface area contributed by atoms with Crippen LogP contribution in [0.3, 0.4) is 0 Å². The van der Waals surface area contributed by atoms with Gasteiger partial charge in [-0.3, -0.25) is 4.79 Å².